The fraction of sp³-hybridized carbons (Fsp3) is 0.167. The molecule has 2 heterocycles. The number of benzene rings is 1. The van der Waals surface area contributed by atoms with Gasteiger partial charge in [0.05, 0.1) is 0 Å². The molecular weight excluding hydrogens is 454 g/mol. The maximum absolute atomic E-state index is 14.3. The molecule has 0 aliphatic carbocycles. The van der Waals surface area contributed by atoms with Crippen LogP contribution in [-0.4, -0.2) is 27.2 Å². The van der Waals surface area contributed by atoms with Gasteiger partial charge in [0.25, 0.3) is 0 Å². The zero-order chi connectivity index (χ0) is 18.0. The van der Waals surface area contributed by atoms with Gasteiger partial charge in [-0.3, -0.25) is 0 Å². The summed E-state index contributed by atoms with van der Waals surface area (Å²) in [4.78, 5) is 8.39. The van der Waals surface area contributed by atoms with Crippen LogP contribution in [0.1, 0.15) is 5.56 Å². The van der Waals surface area contributed by atoms with Crippen LogP contribution in [0.5, 0.6) is 0 Å². The Bertz CT molecular complexity index is 985. The van der Waals surface area contributed by atoms with E-state index in [1.165, 1.54) is 28.5 Å². The fourth-order valence-corrected chi connectivity index (χ4v) is 6.09. The number of hydrogen-bond donors (Lipinski definition) is 0. The Hall–Kier alpha value is -1.74. The van der Waals surface area contributed by atoms with Gasteiger partial charge in [0, 0.05) is 0 Å². The molecule has 0 unspecified atom stereocenters. The second-order valence-electron chi connectivity index (χ2n) is 5.75. The average molecular weight is 472 g/mol. The minimum atomic E-state index is -3.84. The van der Waals surface area contributed by atoms with Gasteiger partial charge in [-0.25, -0.2) is 0 Å². The van der Waals surface area contributed by atoms with E-state index in [0.717, 1.165) is 9.99 Å². The Morgan fingerprint density at radius 3 is 2.56 bits per heavy atom. The van der Waals surface area contributed by atoms with Gasteiger partial charge < -0.3 is 0 Å². The van der Waals surface area contributed by atoms with Crippen molar-refractivity contribution in [3.8, 4) is 11.3 Å². The normalized spacial score (nSPS) is 12.2. The summed E-state index contributed by atoms with van der Waals surface area (Å²) in [7, 11) is -3.84. The van der Waals surface area contributed by atoms with Crippen molar-refractivity contribution < 1.29 is 12.8 Å². The third-order valence-corrected chi connectivity index (χ3v) is 7.67. The predicted molar refractivity (Wildman–Crippen MR) is 106 cm³/mol. The number of alkyl halides is 3. The van der Waals surface area contributed by atoms with Crippen molar-refractivity contribution >= 4 is 29.8 Å². The van der Waals surface area contributed by atoms with Crippen LogP contribution < -0.4 is 0 Å². The van der Waals surface area contributed by atoms with Gasteiger partial charge in [-0.2, -0.15) is 0 Å². The topological polar surface area (TPSA) is 52.0 Å². The molecular formula is C18H18FIN2O2S. The summed E-state index contributed by atoms with van der Waals surface area (Å²) in [6.45, 7) is 0. The van der Waals surface area contributed by atoms with Crippen LogP contribution in [0.4, 0.5) is 4.39 Å². The van der Waals surface area contributed by atoms with E-state index in [1.54, 1.807) is 36.5 Å². The third kappa shape index (κ3) is 3.77. The summed E-state index contributed by atoms with van der Waals surface area (Å²) in [6.07, 6.45) is 4.43. The number of rotatable bonds is 5. The predicted octanol–water partition coefficient (Wildman–Crippen LogP) is 4.19. The quantitative estimate of drug-likeness (QED) is 0.414. The van der Waals surface area contributed by atoms with E-state index < -0.39 is 35.7 Å². The summed E-state index contributed by atoms with van der Waals surface area (Å²) in [5, 5.41) is 0. The van der Waals surface area contributed by atoms with E-state index in [2.05, 4.69) is 14.8 Å². The van der Waals surface area contributed by atoms with Crippen molar-refractivity contribution in [2.24, 2.45) is 0 Å². The van der Waals surface area contributed by atoms with Crippen LogP contribution in [0.3, 0.4) is 0 Å². The molecule has 7 heteroatoms. The number of aromatic nitrogens is 2. The van der Waals surface area contributed by atoms with Crippen molar-refractivity contribution in [3.63, 3.8) is 0 Å². The molecule has 0 saturated carbocycles. The molecule has 0 aliphatic heterocycles. The SMILES string of the molecule is CI(C)Cc1cc(-c2ccccc2F)n(S(=O)(=O)c2cccnc2)c1. The van der Waals surface area contributed by atoms with E-state index in [9.17, 15) is 12.8 Å². The molecule has 3 rings (SSSR count). The molecule has 0 spiro atoms. The standard InChI is InChI=1S/C18H18FIN2O2S/c1-20(2)11-14-10-18(16-7-3-4-8-17(16)19)22(13-14)25(23,24)15-6-5-9-21-12-15/h3-10,12-13H,11H2,1-2H3. The van der Waals surface area contributed by atoms with Crippen LogP contribution in [-0.2, 0) is 14.5 Å². The third-order valence-electron chi connectivity index (χ3n) is 3.61. The molecule has 0 atom stereocenters. The van der Waals surface area contributed by atoms with Gasteiger partial charge >= 0.3 is 154 Å². The van der Waals surface area contributed by atoms with Crippen molar-refractivity contribution in [2.45, 2.75) is 9.32 Å². The molecule has 1 aromatic carbocycles. The first-order valence-electron chi connectivity index (χ1n) is 7.47. The van der Waals surface area contributed by atoms with Crippen LogP contribution in [0.2, 0.25) is 0 Å². The van der Waals surface area contributed by atoms with E-state index in [1.807, 2.05) is 0 Å². The summed E-state index contributed by atoms with van der Waals surface area (Å²) in [5.74, 6) is -0.446. The zero-order valence-electron chi connectivity index (χ0n) is 13.9. The van der Waals surface area contributed by atoms with Crippen molar-refractivity contribution in [2.75, 3.05) is 9.86 Å². The van der Waals surface area contributed by atoms with Gasteiger partial charge in [0.15, 0.2) is 0 Å². The van der Waals surface area contributed by atoms with Gasteiger partial charge in [-0.15, -0.1) is 0 Å². The van der Waals surface area contributed by atoms with Crippen LogP contribution in [0, 0.1) is 5.82 Å². The fourth-order valence-electron chi connectivity index (χ4n) is 2.56. The van der Waals surface area contributed by atoms with Crippen LogP contribution in [0.15, 0.2) is 66.0 Å². The van der Waals surface area contributed by atoms with E-state index in [0.29, 0.717) is 5.69 Å². The summed E-state index contributed by atoms with van der Waals surface area (Å²) < 4.78 is 42.5. The molecule has 0 saturated heterocycles. The molecule has 0 amide bonds. The number of halogens is 2. The molecule has 0 radical (unpaired) electrons. The zero-order valence-corrected chi connectivity index (χ0v) is 16.8. The molecule has 3 aromatic rings. The van der Waals surface area contributed by atoms with Gasteiger partial charge in [-0.05, 0) is 0 Å². The van der Waals surface area contributed by atoms with E-state index in [4.69, 9.17) is 0 Å². The second kappa shape index (κ2) is 7.25. The number of nitrogens with zero attached hydrogens (tertiary/aromatic N) is 2. The van der Waals surface area contributed by atoms with E-state index >= 15 is 0 Å². The number of pyridine rings is 1. The maximum atomic E-state index is 14.3. The molecule has 0 bridgehead atoms. The molecule has 25 heavy (non-hydrogen) atoms. The van der Waals surface area contributed by atoms with Crippen molar-refractivity contribution in [1.29, 1.82) is 0 Å². The average Bonchev–Trinajstić information content (AvgIpc) is 2.99. The van der Waals surface area contributed by atoms with Crippen LogP contribution >= 0.6 is 19.8 Å². The Balaban J connectivity index is 2.22. The monoisotopic (exact) mass is 472 g/mol. The summed E-state index contributed by atoms with van der Waals surface area (Å²) in [6, 6.07) is 11.1. The van der Waals surface area contributed by atoms with Gasteiger partial charge in [-0.1, -0.05) is 0 Å². The van der Waals surface area contributed by atoms with E-state index in [-0.39, 0.29) is 10.5 Å². The summed E-state index contributed by atoms with van der Waals surface area (Å²) in [5.41, 5.74) is 1.53. The first-order valence-corrected chi connectivity index (χ1v) is 14.8. The molecule has 0 aliphatic rings. The van der Waals surface area contributed by atoms with Gasteiger partial charge in [0.2, 0.25) is 0 Å². The van der Waals surface area contributed by atoms with Crippen LogP contribution in [0.25, 0.3) is 11.3 Å². The summed E-state index contributed by atoms with van der Waals surface area (Å²) >= 11 is -1.12. The van der Waals surface area contributed by atoms with Crippen molar-refractivity contribution in [3.05, 3.63) is 72.4 Å². The number of hydrogen-bond acceptors (Lipinski definition) is 3. The first-order chi connectivity index (χ1) is 11.9. The van der Waals surface area contributed by atoms with Gasteiger partial charge in [0.1, 0.15) is 0 Å². The molecule has 4 nitrogen and oxygen atoms in total. The molecule has 0 N–H and O–H groups in total. The Morgan fingerprint density at radius 1 is 1.16 bits per heavy atom. The Morgan fingerprint density at radius 2 is 1.92 bits per heavy atom. The first kappa shape index (κ1) is 18.1. The molecule has 0 fully saturated rings. The van der Waals surface area contributed by atoms with Crippen molar-refractivity contribution in [1.82, 2.24) is 8.96 Å². The molecule has 132 valence electrons. The molecule has 2 aromatic heterocycles. The Kier molecular flexibility index (Phi) is 5.24. The minimum absolute atomic E-state index is 0.0816. The second-order valence-corrected chi connectivity index (χ2v) is 13.5. The Labute approximate surface area is 154 Å².